The van der Waals surface area contributed by atoms with Gasteiger partial charge in [-0.05, 0) is 37.2 Å². The normalized spacial score (nSPS) is 20.8. The molecule has 0 aliphatic carbocycles. The first-order valence-electron chi connectivity index (χ1n) is 8.23. The van der Waals surface area contributed by atoms with E-state index in [9.17, 15) is 23.1 Å². The Bertz CT molecular complexity index is 758. The number of aromatic nitrogens is 2. The molecule has 1 saturated heterocycles. The maximum Gasteiger partial charge on any atom is 0.416 e. The molecule has 2 aromatic rings. The highest BCUT2D eigenvalue weighted by atomic mass is 19.4. The summed E-state index contributed by atoms with van der Waals surface area (Å²) in [6, 6.07) is 4.34. The van der Waals surface area contributed by atoms with Crippen molar-refractivity contribution in [3.05, 3.63) is 47.8 Å². The molecule has 0 spiro atoms. The number of aliphatic hydroxyl groups is 1. The van der Waals surface area contributed by atoms with Crippen LogP contribution in [-0.2, 0) is 6.18 Å². The molecule has 2 heterocycles. The number of alkyl halides is 3. The third-order valence-corrected chi connectivity index (χ3v) is 4.48. The van der Waals surface area contributed by atoms with Crippen LogP contribution in [0.2, 0.25) is 0 Å². The number of nitrogens with zero attached hydrogens (tertiary/aromatic N) is 2. The van der Waals surface area contributed by atoms with Gasteiger partial charge in [0.25, 0.3) is 5.91 Å². The summed E-state index contributed by atoms with van der Waals surface area (Å²) in [5, 5.41) is 19.5. The molecule has 1 aromatic heterocycles. The number of piperidine rings is 1. The fourth-order valence-corrected chi connectivity index (χ4v) is 2.94. The summed E-state index contributed by atoms with van der Waals surface area (Å²) in [4.78, 5) is 12.4. The molecule has 1 aromatic carbocycles. The third-order valence-electron chi connectivity index (χ3n) is 4.48. The van der Waals surface area contributed by atoms with Crippen molar-refractivity contribution >= 4 is 5.91 Å². The van der Waals surface area contributed by atoms with E-state index in [4.69, 9.17) is 0 Å². The minimum atomic E-state index is -4.40. The molecule has 1 aliphatic rings. The molecule has 9 heteroatoms. The standard InChI is InChI=1S/C17H19F3N4O2/c18-17(19,20)13-1-3-14(4-2-13)24-9-12(7-22-24)16(26)23-15-8-21-6-5-11(15)10-25/h1-4,7,9,11,15,21,25H,5-6,8,10H2,(H,23,26). The van der Waals surface area contributed by atoms with E-state index in [1.165, 1.54) is 29.2 Å². The zero-order chi connectivity index (χ0) is 18.7. The minimum Gasteiger partial charge on any atom is -0.396 e. The van der Waals surface area contributed by atoms with E-state index in [0.717, 1.165) is 25.1 Å². The number of halogens is 3. The number of aliphatic hydroxyl groups excluding tert-OH is 1. The Hall–Kier alpha value is -2.39. The Balaban J connectivity index is 1.70. The van der Waals surface area contributed by atoms with Crippen molar-refractivity contribution in [3.8, 4) is 5.69 Å². The van der Waals surface area contributed by atoms with Crippen LogP contribution in [0.5, 0.6) is 0 Å². The van der Waals surface area contributed by atoms with Crippen LogP contribution in [-0.4, -0.2) is 46.5 Å². The maximum absolute atomic E-state index is 12.6. The van der Waals surface area contributed by atoms with Gasteiger partial charge in [0.1, 0.15) is 0 Å². The van der Waals surface area contributed by atoms with Gasteiger partial charge in [0.15, 0.2) is 0 Å². The number of hydrogen-bond donors (Lipinski definition) is 3. The summed E-state index contributed by atoms with van der Waals surface area (Å²) >= 11 is 0. The van der Waals surface area contributed by atoms with E-state index in [1.54, 1.807) is 0 Å². The van der Waals surface area contributed by atoms with Gasteiger partial charge in [-0.3, -0.25) is 4.79 Å². The number of hydrogen-bond acceptors (Lipinski definition) is 4. The summed E-state index contributed by atoms with van der Waals surface area (Å²) in [6.07, 6.45) is -0.809. The van der Waals surface area contributed by atoms with Gasteiger partial charge in [-0.15, -0.1) is 0 Å². The van der Waals surface area contributed by atoms with Crippen LogP contribution in [0.4, 0.5) is 13.2 Å². The lowest BCUT2D eigenvalue weighted by Gasteiger charge is -2.31. The number of benzene rings is 1. The number of rotatable bonds is 4. The van der Waals surface area contributed by atoms with E-state index in [2.05, 4.69) is 15.7 Å². The highest BCUT2D eigenvalue weighted by molar-refractivity contribution is 5.94. The Morgan fingerprint density at radius 3 is 2.73 bits per heavy atom. The van der Waals surface area contributed by atoms with Crippen molar-refractivity contribution in [2.75, 3.05) is 19.7 Å². The lowest BCUT2D eigenvalue weighted by atomic mass is 9.93. The molecular formula is C17H19F3N4O2. The highest BCUT2D eigenvalue weighted by Crippen LogP contribution is 2.29. The molecule has 1 amide bonds. The van der Waals surface area contributed by atoms with Crippen molar-refractivity contribution in [2.24, 2.45) is 5.92 Å². The van der Waals surface area contributed by atoms with Gasteiger partial charge < -0.3 is 15.7 Å². The van der Waals surface area contributed by atoms with Crippen LogP contribution in [0, 0.1) is 5.92 Å². The van der Waals surface area contributed by atoms with Gasteiger partial charge in [-0.2, -0.15) is 18.3 Å². The summed E-state index contributed by atoms with van der Waals surface area (Å²) in [5.41, 5.74) is -0.0250. The zero-order valence-corrected chi connectivity index (χ0v) is 13.8. The van der Waals surface area contributed by atoms with Gasteiger partial charge >= 0.3 is 6.18 Å². The van der Waals surface area contributed by atoms with Crippen LogP contribution in [0.3, 0.4) is 0 Å². The summed E-state index contributed by atoms with van der Waals surface area (Å²) in [5.74, 6) is -0.347. The molecular weight excluding hydrogens is 349 g/mol. The van der Waals surface area contributed by atoms with Gasteiger partial charge in [-0.1, -0.05) is 0 Å². The molecule has 26 heavy (non-hydrogen) atoms. The number of amides is 1. The van der Waals surface area contributed by atoms with E-state index in [-0.39, 0.29) is 24.5 Å². The van der Waals surface area contributed by atoms with Crippen molar-refractivity contribution in [3.63, 3.8) is 0 Å². The largest absolute Gasteiger partial charge is 0.416 e. The smallest absolute Gasteiger partial charge is 0.396 e. The first-order chi connectivity index (χ1) is 12.4. The van der Waals surface area contributed by atoms with E-state index in [1.807, 2.05) is 0 Å². The quantitative estimate of drug-likeness (QED) is 0.766. The van der Waals surface area contributed by atoms with Gasteiger partial charge in [0.2, 0.25) is 0 Å². The van der Waals surface area contributed by atoms with Crippen LogP contribution in [0.15, 0.2) is 36.7 Å². The maximum atomic E-state index is 12.6. The minimum absolute atomic E-state index is 0.00254. The first kappa shape index (κ1) is 18.4. The lowest BCUT2D eigenvalue weighted by molar-refractivity contribution is -0.137. The first-order valence-corrected chi connectivity index (χ1v) is 8.23. The molecule has 3 rings (SSSR count). The van der Waals surface area contributed by atoms with Crippen LogP contribution < -0.4 is 10.6 Å². The van der Waals surface area contributed by atoms with E-state index < -0.39 is 11.7 Å². The van der Waals surface area contributed by atoms with Crippen molar-refractivity contribution in [1.29, 1.82) is 0 Å². The van der Waals surface area contributed by atoms with Crippen LogP contribution in [0.25, 0.3) is 5.69 Å². The summed E-state index contributed by atoms with van der Waals surface area (Å²) in [6.45, 7) is 1.37. The van der Waals surface area contributed by atoms with Gasteiger partial charge in [0, 0.05) is 31.3 Å². The topological polar surface area (TPSA) is 79.2 Å². The predicted octanol–water partition coefficient (Wildman–Crippen LogP) is 1.59. The molecule has 2 atom stereocenters. The molecule has 1 fully saturated rings. The van der Waals surface area contributed by atoms with Crippen LogP contribution >= 0.6 is 0 Å². The van der Waals surface area contributed by atoms with Crippen molar-refractivity contribution < 1.29 is 23.1 Å². The second kappa shape index (κ2) is 7.46. The summed E-state index contributed by atoms with van der Waals surface area (Å²) < 4.78 is 39.2. The number of nitrogens with one attached hydrogen (secondary N) is 2. The van der Waals surface area contributed by atoms with Gasteiger partial charge in [-0.25, -0.2) is 4.68 Å². The molecule has 0 saturated carbocycles. The zero-order valence-electron chi connectivity index (χ0n) is 13.8. The Morgan fingerprint density at radius 1 is 1.35 bits per heavy atom. The summed E-state index contributed by atoms with van der Waals surface area (Å²) in [7, 11) is 0. The fraction of sp³-hybridized carbons (Fsp3) is 0.412. The monoisotopic (exact) mass is 368 g/mol. The Kier molecular flexibility index (Phi) is 5.28. The average molecular weight is 368 g/mol. The fourth-order valence-electron chi connectivity index (χ4n) is 2.94. The SMILES string of the molecule is O=C(NC1CNCCC1CO)c1cnn(-c2ccc(C(F)(F)F)cc2)c1. The van der Waals surface area contributed by atoms with E-state index >= 15 is 0 Å². The Labute approximate surface area is 148 Å². The second-order valence-corrected chi connectivity index (χ2v) is 6.23. The number of carbonyl (C=O) groups excluding carboxylic acids is 1. The molecule has 0 radical (unpaired) electrons. The molecule has 1 aliphatic heterocycles. The third kappa shape index (κ3) is 4.05. The predicted molar refractivity (Wildman–Crippen MR) is 87.9 cm³/mol. The molecule has 2 unspecified atom stereocenters. The molecule has 0 bridgehead atoms. The van der Waals surface area contributed by atoms with Crippen molar-refractivity contribution in [1.82, 2.24) is 20.4 Å². The average Bonchev–Trinajstić information content (AvgIpc) is 3.12. The molecule has 6 nitrogen and oxygen atoms in total. The number of carbonyl (C=O) groups is 1. The lowest BCUT2D eigenvalue weighted by Crippen LogP contribution is -2.52. The van der Waals surface area contributed by atoms with Gasteiger partial charge in [0.05, 0.1) is 23.0 Å². The van der Waals surface area contributed by atoms with Crippen molar-refractivity contribution in [2.45, 2.75) is 18.6 Å². The molecule has 140 valence electrons. The van der Waals surface area contributed by atoms with E-state index in [0.29, 0.717) is 17.8 Å². The second-order valence-electron chi connectivity index (χ2n) is 6.23. The van der Waals surface area contributed by atoms with Crippen LogP contribution in [0.1, 0.15) is 22.3 Å². The molecule has 3 N–H and O–H groups in total. The Morgan fingerprint density at radius 2 is 2.08 bits per heavy atom. The highest BCUT2D eigenvalue weighted by Gasteiger charge is 2.30.